The van der Waals surface area contributed by atoms with E-state index < -0.39 is 0 Å². The van der Waals surface area contributed by atoms with Crippen molar-refractivity contribution < 1.29 is 0 Å². The molecule has 0 atom stereocenters. The van der Waals surface area contributed by atoms with E-state index in [0.717, 1.165) is 12.8 Å². The van der Waals surface area contributed by atoms with E-state index in [1.165, 1.54) is 119 Å². The zero-order valence-corrected chi connectivity index (χ0v) is 35.6. The van der Waals surface area contributed by atoms with Crippen LogP contribution < -0.4 is 4.90 Å². The van der Waals surface area contributed by atoms with Crippen LogP contribution >= 0.6 is 34.0 Å². The van der Waals surface area contributed by atoms with E-state index in [9.17, 15) is 0 Å². The van der Waals surface area contributed by atoms with Gasteiger partial charge in [-0.05, 0) is 134 Å². The van der Waals surface area contributed by atoms with Gasteiger partial charge in [0.1, 0.15) is 0 Å². The van der Waals surface area contributed by atoms with Crippen LogP contribution in [-0.4, -0.2) is 4.57 Å². The molecule has 0 amide bonds. The van der Waals surface area contributed by atoms with Gasteiger partial charge in [0.05, 0.1) is 16.7 Å². The molecule has 0 fully saturated rings. The molecule has 2 aliphatic rings. The highest BCUT2D eigenvalue weighted by molar-refractivity contribution is 7.25. The number of hydrogen-bond donors (Lipinski definition) is 0. The van der Waals surface area contributed by atoms with Gasteiger partial charge in [0, 0.05) is 76.0 Å². The molecule has 5 heterocycles. The molecule has 0 radical (unpaired) electrons. The number of thiophene rings is 3. The largest absolute Gasteiger partial charge is 0.310 e. The van der Waals surface area contributed by atoms with Crippen LogP contribution in [0.15, 0.2) is 168 Å². The number of rotatable bonds is 2. The van der Waals surface area contributed by atoms with Gasteiger partial charge in [0.25, 0.3) is 0 Å². The Morgan fingerprint density at radius 3 is 1.78 bits per heavy atom. The van der Waals surface area contributed by atoms with Gasteiger partial charge in [-0.1, -0.05) is 92.7 Å². The van der Waals surface area contributed by atoms with Crippen LogP contribution in [0.5, 0.6) is 0 Å². The molecule has 1 aliphatic carbocycles. The van der Waals surface area contributed by atoms with Crippen molar-refractivity contribution in [2.75, 3.05) is 4.90 Å². The summed E-state index contributed by atoms with van der Waals surface area (Å²) in [5, 5.41) is 9.72. The van der Waals surface area contributed by atoms with Crippen molar-refractivity contribution in [2.45, 2.75) is 32.1 Å². The number of hydrogen-bond acceptors (Lipinski definition) is 4. The zero-order chi connectivity index (χ0) is 39.7. The molecule has 0 N–H and O–H groups in total. The Labute approximate surface area is 360 Å². The summed E-state index contributed by atoms with van der Waals surface area (Å²) in [6.07, 6.45) is 1.72. The number of anilines is 3. The fraction of sp³-hybridized carbons (Fsp3) is 0.0909. The van der Waals surface area contributed by atoms with Gasteiger partial charge in [-0.25, -0.2) is 0 Å². The van der Waals surface area contributed by atoms with E-state index >= 15 is 0 Å². The molecular formula is C55H38N2S3. The lowest BCUT2D eigenvalue weighted by molar-refractivity contribution is 0.660. The maximum atomic E-state index is 2.60. The van der Waals surface area contributed by atoms with Gasteiger partial charge >= 0.3 is 0 Å². The lowest BCUT2D eigenvalue weighted by atomic mass is 9.81. The molecule has 60 heavy (non-hydrogen) atoms. The highest BCUT2D eigenvalue weighted by Crippen LogP contribution is 2.54. The maximum Gasteiger partial charge on any atom is 0.0541 e. The number of benzene rings is 7. The van der Waals surface area contributed by atoms with Crippen molar-refractivity contribution in [2.24, 2.45) is 0 Å². The normalized spacial score (nSPS) is 14.1. The number of nitrogens with zero attached hydrogens (tertiary/aromatic N) is 2. The summed E-state index contributed by atoms with van der Waals surface area (Å²) in [7, 11) is 0. The van der Waals surface area contributed by atoms with Crippen LogP contribution in [0.4, 0.5) is 17.1 Å². The Bertz CT molecular complexity index is 3500. The molecule has 2 nitrogen and oxygen atoms in total. The van der Waals surface area contributed by atoms with E-state index in [1.807, 2.05) is 34.0 Å². The van der Waals surface area contributed by atoms with Crippen molar-refractivity contribution in [3.8, 4) is 26.6 Å². The molecule has 4 aromatic heterocycles. The Kier molecular flexibility index (Phi) is 7.43. The molecule has 7 aromatic carbocycles. The third kappa shape index (κ3) is 4.97. The third-order valence-corrected chi connectivity index (χ3v) is 16.5. The molecule has 5 heteroatoms. The van der Waals surface area contributed by atoms with Crippen LogP contribution in [0.2, 0.25) is 0 Å². The van der Waals surface area contributed by atoms with Gasteiger partial charge in [-0.3, -0.25) is 0 Å². The molecule has 11 aromatic rings. The standard InChI is InChI=1S/C55H38N2S3/c1-55(2)45-15-7-4-12-39(45)42-29-36-28-35-24-26-59-54(35)53-34(23-25-58-53)27-33-11-3-8-16-47(33)56(50(36)32-46(42)55)37-19-21-51-43(30-37)44-31-38(20-22-52(44)60-51)57-48-17-9-5-13-40(48)41-14-6-10-18-49(41)57/h3-26,29-32H,27-28H2,1-2H3. The summed E-state index contributed by atoms with van der Waals surface area (Å²) in [4.78, 5) is 5.42. The Balaban J connectivity index is 1.08. The Morgan fingerprint density at radius 1 is 0.450 bits per heavy atom. The molecule has 286 valence electrons. The summed E-state index contributed by atoms with van der Waals surface area (Å²) in [6, 6.07) is 59.9. The van der Waals surface area contributed by atoms with E-state index in [0.29, 0.717) is 0 Å². The zero-order valence-electron chi connectivity index (χ0n) is 33.2. The van der Waals surface area contributed by atoms with Crippen molar-refractivity contribution in [3.05, 3.63) is 202 Å². The minimum atomic E-state index is -0.132. The molecule has 0 bridgehead atoms. The third-order valence-electron chi connectivity index (χ3n) is 13.3. The van der Waals surface area contributed by atoms with Crippen molar-refractivity contribution in [1.82, 2.24) is 4.57 Å². The SMILES string of the molecule is CC1(C)c2ccccc2-c2cc3c(cc21)N(c1ccc2sc4ccc(-n5c6ccccc6c6ccccc65)cc4c2c1)c1ccccc1Cc1ccsc1-c1sccc1C3. The second kappa shape index (κ2) is 12.9. The predicted molar refractivity (Wildman–Crippen MR) is 259 cm³/mol. The molecular weight excluding hydrogens is 785 g/mol. The number of fused-ring (bicyclic) bond motifs is 14. The lowest BCUT2D eigenvalue weighted by Crippen LogP contribution is -2.18. The monoisotopic (exact) mass is 822 g/mol. The molecule has 1 aliphatic heterocycles. The Morgan fingerprint density at radius 2 is 1.05 bits per heavy atom. The van der Waals surface area contributed by atoms with Gasteiger partial charge in [0.15, 0.2) is 0 Å². The first kappa shape index (κ1) is 34.6. The average Bonchev–Trinajstić information content (AvgIpc) is 4.11. The highest BCUT2D eigenvalue weighted by atomic mass is 32.1. The van der Waals surface area contributed by atoms with Gasteiger partial charge < -0.3 is 9.47 Å². The summed E-state index contributed by atoms with van der Waals surface area (Å²) >= 11 is 5.66. The van der Waals surface area contributed by atoms with Crippen LogP contribution in [0.25, 0.3) is 68.5 Å². The number of aromatic nitrogens is 1. The average molecular weight is 823 g/mol. The lowest BCUT2D eigenvalue weighted by Gasteiger charge is -2.32. The minimum Gasteiger partial charge on any atom is -0.310 e. The fourth-order valence-electron chi connectivity index (χ4n) is 10.4. The van der Waals surface area contributed by atoms with Gasteiger partial charge in [0.2, 0.25) is 0 Å². The fourth-order valence-corrected chi connectivity index (χ4v) is 13.6. The second-order valence-corrected chi connectivity index (χ2v) is 19.8. The maximum absolute atomic E-state index is 2.60. The second-order valence-electron chi connectivity index (χ2n) is 16.9. The van der Waals surface area contributed by atoms with Crippen LogP contribution in [0.3, 0.4) is 0 Å². The van der Waals surface area contributed by atoms with Crippen LogP contribution in [0.1, 0.15) is 47.2 Å². The van der Waals surface area contributed by atoms with E-state index in [-0.39, 0.29) is 5.41 Å². The topological polar surface area (TPSA) is 8.17 Å². The van der Waals surface area contributed by atoms with E-state index in [4.69, 9.17) is 0 Å². The van der Waals surface area contributed by atoms with Crippen molar-refractivity contribution in [1.29, 1.82) is 0 Å². The quantitative estimate of drug-likeness (QED) is 0.169. The van der Waals surface area contributed by atoms with Crippen LogP contribution in [0, 0.1) is 0 Å². The number of para-hydroxylation sites is 3. The molecule has 0 saturated heterocycles. The Hall–Kier alpha value is -6.24. The van der Waals surface area contributed by atoms with Crippen molar-refractivity contribution in [3.63, 3.8) is 0 Å². The summed E-state index contributed by atoms with van der Waals surface area (Å²) < 4.78 is 5.04. The smallest absolute Gasteiger partial charge is 0.0541 e. The minimum absolute atomic E-state index is 0.132. The summed E-state index contributed by atoms with van der Waals surface area (Å²) in [6.45, 7) is 4.81. The van der Waals surface area contributed by atoms with E-state index in [2.05, 4.69) is 192 Å². The first-order chi connectivity index (χ1) is 29.5. The van der Waals surface area contributed by atoms with Crippen molar-refractivity contribution >= 4 is 93.1 Å². The van der Waals surface area contributed by atoms with Gasteiger partial charge in [-0.15, -0.1) is 34.0 Å². The highest BCUT2D eigenvalue weighted by Gasteiger charge is 2.37. The summed E-state index contributed by atoms with van der Waals surface area (Å²) in [5.74, 6) is 0. The molecule has 13 rings (SSSR count). The van der Waals surface area contributed by atoms with Crippen LogP contribution in [-0.2, 0) is 18.3 Å². The summed E-state index contributed by atoms with van der Waals surface area (Å²) in [5.41, 5.74) is 18.2. The molecule has 0 spiro atoms. The first-order valence-electron chi connectivity index (χ1n) is 20.7. The first-order valence-corrected chi connectivity index (χ1v) is 23.3. The molecule has 0 saturated carbocycles. The van der Waals surface area contributed by atoms with Gasteiger partial charge in [-0.2, -0.15) is 0 Å². The predicted octanol–water partition coefficient (Wildman–Crippen LogP) is 16.2. The molecule has 0 unspecified atom stereocenters. The van der Waals surface area contributed by atoms with E-state index in [1.54, 1.807) is 0 Å².